The lowest BCUT2D eigenvalue weighted by Crippen LogP contribution is -2.44. The van der Waals surface area contributed by atoms with Crippen molar-refractivity contribution < 1.29 is 4.74 Å². The fraction of sp³-hybridized carbons (Fsp3) is 1.00. The molecule has 78 valence electrons. The molecule has 1 saturated heterocycles. The van der Waals surface area contributed by atoms with Crippen molar-refractivity contribution in [1.82, 2.24) is 15.5 Å². The van der Waals surface area contributed by atoms with Crippen LogP contribution in [0.1, 0.15) is 0 Å². The SMILES string of the molecule is CNCCOCCN1CCNCC1. The first-order chi connectivity index (χ1) is 6.43. The van der Waals surface area contributed by atoms with Crippen molar-refractivity contribution in [3.8, 4) is 0 Å². The molecule has 0 aromatic rings. The van der Waals surface area contributed by atoms with E-state index in [-0.39, 0.29) is 0 Å². The first-order valence-electron chi connectivity index (χ1n) is 5.09. The zero-order valence-corrected chi connectivity index (χ0v) is 8.51. The van der Waals surface area contributed by atoms with E-state index in [0.717, 1.165) is 52.5 Å². The van der Waals surface area contributed by atoms with Gasteiger partial charge in [-0.1, -0.05) is 0 Å². The molecule has 1 aliphatic heterocycles. The molecule has 2 N–H and O–H groups in total. The van der Waals surface area contributed by atoms with Crippen molar-refractivity contribution in [3.63, 3.8) is 0 Å². The Labute approximate surface area is 80.6 Å². The number of piperazine rings is 1. The molecule has 0 unspecified atom stereocenters. The molecule has 0 aliphatic carbocycles. The van der Waals surface area contributed by atoms with E-state index in [4.69, 9.17) is 4.74 Å². The van der Waals surface area contributed by atoms with E-state index in [1.807, 2.05) is 7.05 Å². The van der Waals surface area contributed by atoms with E-state index in [1.54, 1.807) is 0 Å². The minimum atomic E-state index is 0.822. The summed E-state index contributed by atoms with van der Waals surface area (Å²) >= 11 is 0. The summed E-state index contributed by atoms with van der Waals surface area (Å²) in [6.45, 7) is 8.27. The van der Waals surface area contributed by atoms with Gasteiger partial charge in [-0.05, 0) is 7.05 Å². The number of rotatable bonds is 6. The predicted octanol–water partition coefficient (Wildman–Crippen LogP) is -0.872. The second kappa shape index (κ2) is 7.26. The molecule has 1 fully saturated rings. The van der Waals surface area contributed by atoms with Crippen LogP contribution < -0.4 is 10.6 Å². The highest BCUT2D eigenvalue weighted by atomic mass is 16.5. The second-order valence-corrected chi connectivity index (χ2v) is 3.31. The fourth-order valence-electron chi connectivity index (χ4n) is 1.40. The summed E-state index contributed by atoms with van der Waals surface area (Å²) in [5.41, 5.74) is 0. The average Bonchev–Trinajstić information content (AvgIpc) is 2.19. The van der Waals surface area contributed by atoms with Gasteiger partial charge in [0.15, 0.2) is 0 Å². The normalized spacial score (nSPS) is 19.2. The third-order valence-corrected chi connectivity index (χ3v) is 2.26. The van der Waals surface area contributed by atoms with Gasteiger partial charge in [-0.3, -0.25) is 4.90 Å². The summed E-state index contributed by atoms with van der Waals surface area (Å²) in [4.78, 5) is 2.44. The molecule has 0 atom stereocenters. The molecule has 0 aromatic carbocycles. The first-order valence-corrected chi connectivity index (χ1v) is 5.09. The summed E-state index contributed by atoms with van der Waals surface area (Å²) < 4.78 is 5.45. The van der Waals surface area contributed by atoms with Crippen LogP contribution in [0.15, 0.2) is 0 Å². The molecule has 0 amide bonds. The number of nitrogens with one attached hydrogen (secondary N) is 2. The van der Waals surface area contributed by atoms with Crippen LogP contribution in [0.25, 0.3) is 0 Å². The molecule has 0 aromatic heterocycles. The summed E-state index contributed by atoms with van der Waals surface area (Å²) in [5.74, 6) is 0. The van der Waals surface area contributed by atoms with Crippen molar-refractivity contribution >= 4 is 0 Å². The lowest BCUT2D eigenvalue weighted by Gasteiger charge is -2.26. The predicted molar refractivity (Wildman–Crippen MR) is 54.1 cm³/mol. The Kier molecular flexibility index (Phi) is 6.10. The third-order valence-electron chi connectivity index (χ3n) is 2.26. The van der Waals surface area contributed by atoms with Gasteiger partial charge >= 0.3 is 0 Å². The van der Waals surface area contributed by atoms with Crippen LogP contribution in [0.4, 0.5) is 0 Å². The maximum Gasteiger partial charge on any atom is 0.0594 e. The van der Waals surface area contributed by atoms with Gasteiger partial charge in [-0.2, -0.15) is 0 Å². The largest absolute Gasteiger partial charge is 0.379 e. The van der Waals surface area contributed by atoms with Crippen LogP contribution in [0.5, 0.6) is 0 Å². The lowest BCUT2D eigenvalue weighted by atomic mass is 10.4. The smallest absolute Gasteiger partial charge is 0.0594 e. The van der Waals surface area contributed by atoms with Gasteiger partial charge in [0.1, 0.15) is 0 Å². The highest BCUT2D eigenvalue weighted by molar-refractivity contribution is 4.66. The molecule has 0 spiro atoms. The van der Waals surface area contributed by atoms with Crippen LogP contribution in [0.2, 0.25) is 0 Å². The number of likely N-dealkylation sites (N-methyl/N-ethyl adjacent to an activating group) is 1. The number of hydrogen-bond acceptors (Lipinski definition) is 4. The minimum Gasteiger partial charge on any atom is -0.379 e. The molecule has 0 bridgehead atoms. The van der Waals surface area contributed by atoms with Crippen LogP contribution in [0.3, 0.4) is 0 Å². The Hall–Kier alpha value is -0.160. The monoisotopic (exact) mass is 187 g/mol. The van der Waals surface area contributed by atoms with Gasteiger partial charge < -0.3 is 15.4 Å². The van der Waals surface area contributed by atoms with Crippen LogP contribution in [-0.4, -0.2) is 64.4 Å². The fourth-order valence-corrected chi connectivity index (χ4v) is 1.40. The van der Waals surface area contributed by atoms with Gasteiger partial charge in [0.05, 0.1) is 13.2 Å². The standard InChI is InChI=1S/C9H21N3O/c1-10-4-8-13-9-7-12-5-2-11-3-6-12/h10-11H,2-9H2,1H3. The Bertz CT molecular complexity index is 115. The Balaban J connectivity index is 1.86. The highest BCUT2D eigenvalue weighted by Crippen LogP contribution is 1.91. The topological polar surface area (TPSA) is 36.5 Å². The molecule has 4 nitrogen and oxygen atoms in total. The van der Waals surface area contributed by atoms with Gasteiger partial charge in [0.25, 0.3) is 0 Å². The molecule has 0 radical (unpaired) electrons. The second-order valence-electron chi connectivity index (χ2n) is 3.31. The van der Waals surface area contributed by atoms with E-state index in [1.165, 1.54) is 0 Å². The van der Waals surface area contributed by atoms with Gasteiger partial charge in [-0.15, -0.1) is 0 Å². The van der Waals surface area contributed by atoms with E-state index in [9.17, 15) is 0 Å². The molecule has 1 aliphatic rings. The molecular weight excluding hydrogens is 166 g/mol. The van der Waals surface area contributed by atoms with Crippen molar-refractivity contribution in [2.75, 3.05) is 59.5 Å². The summed E-state index contributed by atoms with van der Waals surface area (Å²) in [6, 6.07) is 0. The average molecular weight is 187 g/mol. The Morgan fingerprint density at radius 3 is 2.77 bits per heavy atom. The lowest BCUT2D eigenvalue weighted by molar-refractivity contribution is 0.101. The van der Waals surface area contributed by atoms with E-state index in [0.29, 0.717) is 0 Å². The van der Waals surface area contributed by atoms with E-state index >= 15 is 0 Å². The van der Waals surface area contributed by atoms with Crippen molar-refractivity contribution in [2.45, 2.75) is 0 Å². The Morgan fingerprint density at radius 2 is 2.08 bits per heavy atom. The van der Waals surface area contributed by atoms with Gasteiger partial charge in [0.2, 0.25) is 0 Å². The van der Waals surface area contributed by atoms with Gasteiger partial charge in [-0.25, -0.2) is 0 Å². The zero-order valence-electron chi connectivity index (χ0n) is 8.51. The summed E-state index contributed by atoms with van der Waals surface area (Å²) in [7, 11) is 1.94. The molecule has 0 saturated carbocycles. The van der Waals surface area contributed by atoms with Gasteiger partial charge in [0, 0.05) is 39.3 Å². The minimum absolute atomic E-state index is 0.822. The maximum absolute atomic E-state index is 5.45. The van der Waals surface area contributed by atoms with Crippen LogP contribution in [-0.2, 0) is 4.74 Å². The molecule has 1 rings (SSSR count). The Morgan fingerprint density at radius 1 is 1.31 bits per heavy atom. The quantitative estimate of drug-likeness (QED) is 0.530. The van der Waals surface area contributed by atoms with E-state index in [2.05, 4.69) is 15.5 Å². The highest BCUT2D eigenvalue weighted by Gasteiger charge is 2.07. The van der Waals surface area contributed by atoms with Crippen molar-refractivity contribution in [3.05, 3.63) is 0 Å². The van der Waals surface area contributed by atoms with E-state index < -0.39 is 0 Å². The third kappa shape index (κ3) is 5.21. The zero-order chi connectivity index (χ0) is 9.36. The maximum atomic E-state index is 5.45. The molecule has 13 heavy (non-hydrogen) atoms. The van der Waals surface area contributed by atoms with Crippen molar-refractivity contribution in [1.29, 1.82) is 0 Å². The van der Waals surface area contributed by atoms with Crippen LogP contribution in [0, 0.1) is 0 Å². The summed E-state index contributed by atoms with van der Waals surface area (Å²) in [6.07, 6.45) is 0. The number of nitrogens with zero attached hydrogens (tertiary/aromatic N) is 1. The van der Waals surface area contributed by atoms with Crippen molar-refractivity contribution in [2.24, 2.45) is 0 Å². The summed E-state index contributed by atoms with van der Waals surface area (Å²) in [5, 5.41) is 6.39. The molecule has 4 heteroatoms. The number of ether oxygens (including phenoxy) is 1. The number of hydrogen-bond donors (Lipinski definition) is 2. The molecule has 1 heterocycles. The first kappa shape index (κ1) is 10.9. The van der Waals surface area contributed by atoms with Crippen LogP contribution >= 0.6 is 0 Å². The molecular formula is C9H21N3O.